The molecule has 0 aliphatic rings. The molecule has 0 saturated heterocycles. The molecule has 0 fully saturated rings. The second kappa shape index (κ2) is 7.79. The van der Waals surface area contributed by atoms with Crippen LogP contribution in [0, 0.1) is 0 Å². The van der Waals surface area contributed by atoms with E-state index in [1.807, 2.05) is 30.3 Å². The van der Waals surface area contributed by atoms with Crippen LogP contribution in [0.3, 0.4) is 0 Å². The first-order chi connectivity index (χ1) is 14.3. The molecule has 5 nitrogen and oxygen atoms in total. The topological polar surface area (TPSA) is 59.3 Å². The standard InChI is InChI=1S/C21H14ClF3N4O/c22-15-8-6-14(7-9-15)16-10-18(21(23,24)25)29-19(27-16)11-17(28-29)20(30)26-12-13-4-2-1-3-5-13/h1-11H,12H2,(H,26,30). The summed E-state index contributed by atoms with van der Waals surface area (Å²) >= 11 is 5.85. The minimum Gasteiger partial charge on any atom is -0.347 e. The molecule has 0 radical (unpaired) electrons. The molecule has 0 atom stereocenters. The van der Waals surface area contributed by atoms with Crippen LogP contribution in [0.1, 0.15) is 21.7 Å². The van der Waals surface area contributed by atoms with E-state index in [0.29, 0.717) is 15.1 Å². The summed E-state index contributed by atoms with van der Waals surface area (Å²) in [6.07, 6.45) is -4.69. The SMILES string of the molecule is O=C(NCc1ccccc1)c1cc2nc(-c3ccc(Cl)cc3)cc(C(F)(F)F)n2n1. The lowest BCUT2D eigenvalue weighted by atomic mass is 10.1. The van der Waals surface area contributed by atoms with Gasteiger partial charge in [0.2, 0.25) is 0 Å². The lowest BCUT2D eigenvalue weighted by Gasteiger charge is -2.11. The number of hydrogen-bond donors (Lipinski definition) is 1. The Hall–Kier alpha value is -3.39. The molecule has 2 aromatic carbocycles. The molecule has 4 aromatic rings. The van der Waals surface area contributed by atoms with Crippen LogP contribution in [0.5, 0.6) is 0 Å². The highest BCUT2D eigenvalue weighted by atomic mass is 35.5. The van der Waals surface area contributed by atoms with Gasteiger partial charge in [-0.15, -0.1) is 0 Å². The Morgan fingerprint density at radius 1 is 1.03 bits per heavy atom. The number of rotatable bonds is 4. The van der Waals surface area contributed by atoms with Crippen LogP contribution < -0.4 is 5.32 Å². The highest BCUT2D eigenvalue weighted by Crippen LogP contribution is 2.32. The molecule has 1 N–H and O–H groups in total. The zero-order chi connectivity index (χ0) is 21.3. The summed E-state index contributed by atoms with van der Waals surface area (Å²) in [5.74, 6) is -0.592. The van der Waals surface area contributed by atoms with Crippen LogP contribution in [0.25, 0.3) is 16.9 Å². The van der Waals surface area contributed by atoms with Gasteiger partial charge in [0.05, 0.1) is 5.69 Å². The van der Waals surface area contributed by atoms with Gasteiger partial charge in [-0.05, 0) is 23.8 Å². The second-order valence-corrected chi connectivity index (χ2v) is 6.94. The van der Waals surface area contributed by atoms with Crippen molar-refractivity contribution in [3.05, 3.63) is 88.7 Å². The Morgan fingerprint density at radius 2 is 1.73 bits per heavy atom. The van der Waals surface area contributed by atoms with Crippen LogP contribution in [-0.2, 0) is 12.7 Å². The largest absolute Gasteiger partial charge is 0.433 e. The summed E-state index contributed by atoms with van der Waals surface area (Å²) in [6, 6.07) is 17.5. The molecule has 0 aliphatic carbocycles. The van der Waals surface area contributed by atoms with Gasteiger partial charge >= 0.3 is 6.18 Å². The van der Waals surface area contributed by atoms with Crippen molar-refractivity contribution in [3.63, 3.8) is 0 Å². The van der Waals surface area contributed by atoms with E-state index in [9.17, 15) is 18.0 Å². The fraction of sp³-hybridized carbons (Fsp3) is 0.0952. The van der Waals surface area contributed by atoms with Crippen molar-refractivity contribution < 1.29 is 18.0 Å². The van der Waals surface area contributed by atoms with E-state index in [1.165, 1.54) is 6.07 Å². The van der Waals surface area contributed by atoms with Crippen molar-refractivity contribution in [1.29, 1.82) is 0 Å². The number of carbonyl (C=O) groups excluding carboxylic acids is 1. The van der Waals surface area contributed by atoms with Crippen LogP contribution in [0.15, 0.2) is 66.7 Å². The van der Waals surface area contributed by atoms with E-state index < -0.39 is 17.8 Å². The molecule has 0 bridgehead atoms. The monoisotopic (exact) mass is 430 g/mol. The fourth-order valence-electron chi connectivity index (χ4n) is 2.92. The van der Waals surface area contributed by atoms with Crippen molar-refractivity contribution in [2.75, 3.05) is 0 Å². The van der Waals surface area contributed by atoms with Gasteiger partial charge in [0.15, 0.2) is 17.0 Å². The zero-order valence-corrected chi connectivity index (χ0v) is 16.1. The van der Waals surface area contributed by atoms with Gasteiger partial charge in [-0.3, -0.25) is 4.79 Å². The average Bonchev–Trinajstić information content (AvgIpc) is 3.16. The van der Waals surface area contributed by atoms with E-state index in [1.54, 1.807) is 24.3 Å². The van der Waals surface area contributed by atoms with Gasteiger partial charge in [-0.2, -0.15) is 18.3 Å². The molecule has 9 heteroatoms. The molecular weight excluding hydrogens is 417 g/mol. The Balaban J connectivity index is 1.71. The predicted octanol–water partition coefficient (Wildman–Crippen LogP) is 5.00. The smallest absolute Gasteiger partial charge is 0.347 e. The van der Waals surface area contributed by atoms with Crippen molar-refractivity contribution in [1.82, 2.24) is 19.9 Å². The molecule has 4 rings (SSSR count). The van der Waals surface area contributed by atoms with Gasteiger partial charge in [0, 0.05) is 23.2 Å². The molecule has 0 aliphatic heterocycles. The number of halogens is 4. The van der Waals surface area contributed by atoms with Gasteiger partial charge < -0.3 is 5.32 Å². The van der Waals surface area contributed by atoms with Crippen LogP contribution in [0.2, 0.25) is 5.02 Å². The molecule has 30 heavy (non-hydrogen) atoms. The van der Waals surface area contributed by atoms with Gasteiger partial charge in [0.1, 0.15) is 0 Å². The van der Waals surface area contributed by atoms with Crippen molar-refractivity contribution >= 4 is 23.2 Å². The normalized spacial score (nSPS) is 11.6. The minimum absolute atomic E-state index is 0.0837. The fourth-order valence-corrected chi connectivity index (χ4v) is 3.05. The maximum atomic E-state index is 13.6. The summed E-state index contributed by atoms with van der Waals surface area (Å²) in [6.45, 7) is 0.225. The summed E-state index contributed by atoms with van der Waals surface area (Å²) in [5.41, 5.74) is 0.149. The highest BCUT2D eigenvalue weighted by Gasteiger charge is 2.35. The Morgan fingerprint density at radius 3 is 2.40 bits per heavy atom. The number of nitrogens with zero attached hydrogens (tertiary/aromatic N) is 3. The van der Waals surface area contributed by atoms with E-state index in [2.05, 4.69) is 15.4 Å². The Labute approximate surface area is 174 Å². The van der Waals surface area contributed by atoms with E-state index in [4.69, 9.17) is 11.6 Å². The number of fused-ring (bicyclic) bond motifs is 1. The van der Waals surface area contributed by atoms with E-state index in [-0.39, 0.29) is 23.6 Å². The quantitative estimate of drug-likeness (QED) is 0.495. The summed E-state index contributed by atoms with van der Waals surface area (Å²) in [5, 5.41) is 6.95. The van der Waals surface area contributed by atoms with Crippen molar-refractivity contribution in [2.45, 2.75) is 12.7 Å². The number of alkyl halides is 3. The number of aromatic nitrogens is 3. The molecule has 0 saturated carbocycles. The summed E-state index contributed by atoms with van der Waals surface area (Å²) < 4.78 is 41.6. The predicted molar refractivity (Wildman–Crippen MR) is 106 cm³/mol. The van der Waals surface area contributed by atoms with Gasteiger partial charge in [0.25, 0.3) is 5.91 Å². The molecule has 0 unspecified atom stereocenters. The lowest BCUT2D eigenvalue weighted by Crippen LogP contribution is -2.23. The maximum absolute atomic E-state index is 13.6. The molecule has 152 valence electrons. The maximum Gasteiger partial charge on any atom is 0.433 e. The number of nitrogens with one attached hydrogen (secondary N) is 1. The van der Waals surface area contributed by atoms with E-state index >= 15 is 0 Å². The molecule has 0 spiro atoms. The summed E-state index contributed by atoms with van der Waals surface area (Å²) in [7, 11) is 0. The van der Waals surface area contributed by atoms with Crippen molar-refractivity contribution in [2.24, 2.45) is 0 Å². The number of carbonyl (C=O) groups is 1. The first-order valence-corrected chi connectivity index (χ1v) is 9.25. The average molecular weight is 431 g/mol. The molecule has 2 aromatic heterocycles. The molecular formula is C21H14ClF3N4O. The zero-order valence-electron chi connectivity index (χ0n) is 15.3. The third-order valence-corrected chi connectivity index (χ3v) is 4.64. The third kappa shape index (κ3) is 4.13. The Bertz CT molecular complexity index is 1200. The van der Waals surface area contributed by atoms with Gasteiger partial charge in [-0.1, -0.05) is 54.1 Å². The van der Waals surface area contributed by atoms with Crippen molar-refractivity contribution in [3.8, 4) is 11.3 Å². The highest BCUT2D eigenvalue weighted by molar-refractivity contribution is 6.30. The molecule has 1 amide bonds. The van der Waals surface area contributed by atoms with Crippen LogP contribution in [-0.4, -0.2) is 20.5 Å². The minimum atomic E-state index is -4.69. The second-order valence-electron chi connectivity index (χ2n) is 6.50. The Kier molecular flexibility index (Phi) is 5.17. The first kappa shape index (κ1) is 19.9. The van der Waals surface area contributed by atoms with Crippen LogP contribution in [0.4, 0.5) is 13.2 Å². The number of amides is 1. The van der Waals surface area contributed by atoms with Gasteiger partial charge in [-0.25, -0.2) is 9.50 Å². The number of benzene rings is 2. The molecule has 2 heterocycles. The lowest BCUT2D eigenvalue weighted by molar-refractivity contribution is -0.142. The first-order valence-electron chi connectivity index (χ1n) is 8.87. The third-order valence-electron chi connectivity index (χ3n) is 4.39. The van der Waals surface area contributed by atoms with Crippen LogP contribution >= 0.6 is 11.6 Å². The summed E-state index contributed by atoms with van der Waals surface area (Å²) in [4.78, 5) is 16.7. The van der Waals surface area contributed by atoms with E-state index in [0.717, 1.165) is 11.6 Å². The number of hydrogen-bond acceptors (Lipinski definition) is 3.